The Morgan fingerprint density at radius 2 is 1.82 bits per heavy atom. The van der Waals surface area contributed by atoms with Crippen molar-refractivity contribution in [3.63, 3.8) is 0 Å². The summed E-state index contributed by atoms with van der Waals surface area (Å²) < 4.78 is 0. The van der Waals surface area contributed by atoms with Crippen LogP contribution in [0.2, 0.25) is 0 Å². The van der Waals surface area contributed by atoms with E-state index in [9.17, 15) is 4.79 Å². The van der Waals surface area contributed by atoms with Gasteiger partial charge in [0, 0.05) is 12.1 Å². The van der Waals surface area contributed by atoms with Gasteiger partial charge in [0.2, 0.25) is 0 Å². The molecule has 0 spiro atoms. The number of urea groups is 1. The normalized spacial score (nSPS) is 23.8. The third-order valence-corrected chi connectivity index (χ3v) is 4.42. The van der Waals surface area contributed by atoms with E-state index in [1.807, 2.05) is 0 Å². The van der Waals surface area contributed by atoms with Gasteiger partial charge < -0.3 is 10.6 Å². The standard InChI is InChI=1S/C14H26N2O/c1-2-13(11-7-4-3-5-8-11)16-14(17)15-12-9-6-10-12/h11-13H,2-10H2,1H3,(H2,15,16,17). The summed E-state index contributed by atoms with van der Waals surface area (Å²) >= 11 is 0. The zero-order valence-corrected chi connectivity index (χ0v) is 11.0. The number of carbonyl (C=O) groups excluding carboxylic acids is 1. The third kappa shape index (κ3) is 3.62. The highest BCUT2D eigenvalue weighted by atomic mass is 16.2. The summed E-state index contributed by atoms with van der Waals surface area (Å²) in [6.45, 7) is 2.18. The van der Waals surface area contributed by atoms with Crippen molar-refractivity contribution in [3.8, 4) is 0 Å². The van der Waals surface area contributed by atoms with Crippen molar-refractivity contribution in [2.45, 2.75) is 76.8 Å². The van der Waals surface area contributed by atoms with Crippen LogP contribution in [-0.4, -0.2) is 18.1 Å². The minimum atomic E-state index is 0.0622. The van der Waals surface area contributed by atoms with Gasteiger partial charge in [-0.05, 0) is 44.4 Å². The van der Waals surface area contributed by atoms with E-state index in [4.69, 9.17) is 0 Å². The van der Waals surface area contributed by atoms with Gasteiger partial charge in [-0.15, -0.1) is 0 Å². The molecule has 0 aromatic carbocycles. The Morgan fingerprint density at radius 3 is 2.35 bits per heavy atom. The highest BCUT2D eigenvalue weighted by molar-refractivity contribution is 5.74. The molecular formula is C14H26N2O. The monoisotopic (exact) mass is 238 g/mol. The van der Waals surface area contributed by atoms with Gasteiger partial charge in [0.05, 0.1) is 0 Å². The number of nitrogens with one attached hydrogen (secondary N) is 2. The molecular weight excluding hydrogens is 212 g/mol. The first-order valence-electron chi connectivity index (χ1n) is 7.36. The highest BCUT2D eigenvalue weighted by Gasteiger charge is 2.25. The molecule has 2 amide bonds. The van der Waals surface area contributed by atoms with Crippen molar-refractivity contribution in [2.75, 3.05) is 0 Å². The molecule has 2 saturated carbocycles. The third-order valence-electron chi connectivity index (χ3n) is 4.42. The number of rotatable bonds is 4. The van der Waals surface area contributed by atoms with Crippen LogP contribution in [0.15, 0.2) is 0 Å². The SMILES string of the molecule is CCC(NC(=O)NC1CCC1)C1CCCCC1. The molecule has 17 heavy (non-hydrogen) atoms. The summed E-state index contributed by atoms with van der Waals surface area (Å²) in [5.74, 6) is 0.709. The Bertz CT molecular complexity index is 245. The summed E-state index contributed by atoms with van der Waals surface area (Å²) in [6, 6.07) is 0.890. The van der Waals surface area contributed by atoms with Crippen molar-refractivity contribution < 1.29 is 4.79 Å². The Balaban J connectivity index is 1.74. The fourth-order valence-corrected chi connectivity index (χ4v) is 3.04. The van der Waals surface area contributed by atoms with Gasteiger partial charge in [-0.2, -0.15) is 0 Å². The van der Waals surface area contributed by atoms with Gasteiger partial charge in [0.15, 0.2) is 0 Å². The predicted octanol–water partition coefficient (Wildman–Crippen LogP) is 3.20. The summed E-state index contributed by atoms with van der Waals surface area (Å²) in [7, 11) is 0. The molecule has 2 aliphatic carbocycles. The maximum atomic E-state index is 11.8. The Hall–Kier alpha value is -0.730. The molecule has 2 fully saturated rings. The minimum Gasteiger partial charge on any atom is -0.335 e. The fourth-order valence-electron chi connectivity index (χ4n) is 3.04. The summed E-state index contributed by atoms with van der Waals surface area (Å²) in [5, 5.41) is 6.26. The van der Waals surface area contributed by atoms with Crippen LogP contribution in [-0.2, 0) is 0 Å². The summed E-state index contributed by atoms with van der Waals surface area (Å²) in [4.78, 5) is 11.8. The smallest absolute Gasteiger partial charge is 0.315 e. The second kappa shape index (κ2) is 6.27. The molecule has 2 rings (SSSR count). The first-order chi connectivity index (χ1) is 8.29. The molecule has 3 nitrogen and oxygen atoms in total. The average Bonchev–Trinajstić information content (AvgIpc) is 2.32. The molecule has 2 aliphatic rings. The van der Waals surface area contributed by atoms with Crippen LogP contribution in [0.5, 0.6) is 0 Å². The highest BCUT2D eigenvalue weighted by Crippen LogP contribution is 2.27. The van der Waals surface area contributed by atoms with Gasteiger partial charge in [0.25, 0.3) is 0 Å². The molecule has 0 aliphatic heterocycles. The van der Waals surface area contributed by atoms with Crippen LogP contribution in [0.3, 0.4) is 0 Å². The lowest BCUT2D eigenvalue weighted by molar-refractivity contribution is 0.209. The van der Waals surface area contributed by atoms with E-state index in [2.05, 4.69) is 17.6 Å². The molecule has 3 heteroatoms. The van der Waals surface area contributed by atoms with Gasteiger partial charge >= 0.3 is 6.03 Å². The quantitative estimate of drug-likeness (QED) is 0.776. The maximum absolute atomic E-state index is 11.8. The van der Waals surface area contributed by atoms with Crippen LogP contribution in [0.4, 0.5) is 4.79 Å². The van der Waals surface area contributed by atoms with Crippen molar-refractivity contribution in [1.29, 1.82) is 0 Å². The molecule has 1 unspecified atom stereocenters. The van der Waals surface area contributed by atoms with Crippen LogP contribution in [0, 0.1) is 5.92 Å². The number of hydrogen-bond donors (Lipinski definition) is 2. The second-order valence-electron chi connectivity index (χ2n) is 5.66. The Morgan fingerprint density at radius 1 is 1.12 bits per heavy atom. The molecule has 98 valence electrons. The number of carbonyl (C=O) groups is 1. The molecule has 0 aromatic heterocycles. The van der Waals surface area contributed by atoms with Gasteiger partial charge in [0.1, 0.15) is 0 Å². The van der Waals surface area contributed by atoms with Crippen LogP contribution in [0.1, 0.15) is 64.7 Å². The molecule has 0 saturated heterocycles. The van der Waals surface area contributed by atoms with Crippen molar-refractivity contribution in [3.05, 3.63) is 0 Å². The van der Waals surface area contributed by atoms with Gasteiger partial charge in [-0.25, -0.2) is 4.79 Å². The first kappa shape index (κ1) is 12.7. The molecule has 0 radical (unpaired) electrons. The lowest BCUT2D eigenvalue weighted by Crippen LogP contribution is -2.50. The van der Waals surface area contributed by atoms with E-state index in [1.165, 1.54) is 38.5 Å². The number of amides is 2. The molecule has 0 aromatic rings. The molecule has 2 N–H and O–H groups in total. The zero-order valence-electron chi connectivity index (χ0n) is 11.0. The van der Waals surface area contributed by atoms with E-state index in [-0.39, 0.29) is 6.03 Å². The van der Waals surface area contributed by atoms with E-state index in [1.54, 1.807) is 0 Å². The zero-order chi connectivity index (χ0) is 12.1. The largest absolute Gasteiger partial charge is 0.335 e. The van der Waals surface area contributed by atoms with Gasteiger partial charge in [-0.1, -0.05) is 26.2 Å². The van der Waals surface area contributed by atoms with E-state index < -0.39 is 0 Å². The Kier molecular flexibility index (Phi) is 4.69. The van der Waals surface area contributed by atoms with Crippen LogP contribution >= 0.6 is 0 Å². The summed E-state index contributed by atoms with van der Waals surface area (Å²) in [6.07, 6.45) is 11.3. The van der Waals surface area contributed by atoms with Crippen molar-refractivity contribution in [1.82, 2.24) is 10.6 Å². The van der Waals surface area contributed by atoms with Crippen molar-refractivity contribution in [2.24, 2.45) is 5.92 Å². The first-order valence-corrected chi connectivity index (χ1v) is 7.36. The number of hydrogen-bond acceptors (Lipinski definition) is 1. The lowest BCUT2D eigenvalue weighted by atomic mass is 9.83. The van der Waals surface area contributed by atoms with E-state index in [0.29, 0.717) is 18.0 Å². The minimum absolute atomic E-state index is 0.0622. The molecule has 0 heterocycles. The van der Waals surface area contributed by atoms with Gasteiger partial charge in [-0.3, -0.25) is 0 Å². The van der Waals surface area contributed by atoms with E-state index in [0.717, 1.165) is 19.3 Å². The lowest BCUT2D eigenvalue weighted by Gasteiger charge is -2.32. The average molecular weight is 238 g/mol. The fraction of sp³-hybridized carbons (Fsp3) is 0.929. The van der Waals surface area contributed by atoms with E-state index >= 15 is 0 Å². The molecule has 1 atom stereocenters. The second-order valence-corrected chi connectivity index (χ2v) is 5.66. The Labute approximate surface area is 105 Å². The predicted molar refractivity (Wildman–Crippen MR) is 70.0 cm³/mol. The van der Waals surface area contributed by atoms with Crippen LogP contribution in [0.25, 0.3) is 0 Å². The molecule has 0 bridgehead atoms. The topological polar surface area (TPSA) is 41.1 Å². The van der Waals surface area contributed by atoms with Crippen LogP contribution < -0.4 is 10.6 Å². The summed E-state index contributed by atoms with van der Waals surface area (Å²) in [5.41, 5.74) is 0. The maximum Gasteiger partial charge on any atom is 0.315 e. The van der Waals surface area contributed by atoms with Crippen molar-refractivity contribution >= 4 is 6.03 Å².